The molecule has 0 fully saturated rings. The van der Waals surface area contributed by atoms with Crippen LogP contribution in [0.25, 0.3) is 0 Å². The first-order chi connectivity index (χ1) is 7.39. The molecule has 1 amide bonds. The van der Waals surface area contributed by atoms with Crippen molar-refractivity contribution in [2.75, 3.05) is 19.6 Å². The van der Waals surface area contributed by atoms with E-state index in [1.807, 2.05) is 20.8 Å². The SMILES string of the molecule is C#CCNC(CN)CNC(=O)OC(C)(C)C. The molecule has 0 rings (SSSR count). The first kappa shape index (κ1) is 14.8. The van der Waals surface area contributed by atoms with Crippen LogP contribution in [0, 0.1) is 12.3 Å². The third kappa shape index (κ3) is 8.09. The number of carbonyl (C=O) groups excluding carboxylic acids is 1. The van der Waals surface area contributed by atoms with Gasteiger partial charge in [0.2, 0.25) is 0 Å². The fourth-order valence-corrected chi connectivity index (χ4v) is 0.963. The van der Waals surface area contributed by atoms with Crippen LogP contribution in [-0.4, -0.2) is 37.4 Å². The number of terminal acetylenes is 1. The number of amides is 1. The molecule has 0 bridgehead atoms. The fraction of sp³-hybridized carbons (Fsp3) is 0.727. The zero-order valence-corrected chi connectivity index (χ0v) is 10.2. The van der Waals surface area contributed by atoms with Crippen LogP contribution in [0.1, 0.15) is 20.8 Å². The number of hydrogen-bond acceptors (Lipinski definition) is 4. The predicted molar refractivity (Wildman–Crippen MR) is 63.9 cm³/mol. The Morgan fingerprint density at radius 2 is 2.19 bits per heavy atom. The van der Waals surface area contributed by atoms with Gasteiger partial charge in [0.15, 0.2) is 0 Å². The molecule has 0 radical (unpaired) electrons. The van der Waals surface area contributed by atoms with Crippen LogP contribution in [0.2, 0.25) is 0 Å². The van der Waals surface area contributed by atoms with Gasteiger partial charge in [-0.1, -0.05) is 5.92 Å². The van der Waals surface area contributed by atoms with Gasteiger partial charge in [0.25, 0.3) is 0 Å². The molecular weight excluding hydrogens is 206 g/mol. The van der Waals surface area contributed by atoms with E-state index < -0.39 is 11.7 Å². The van der Waals surface area contributed by atoms with Crippen molar-refractivity contribution in [1.82, 2.24) is 10.6 Å². The van der Waals surface area contributed by atoms with Crippen LogP contribution in [0.15, 0.2) is 0 Å². The highest BCUT2D eigenvalue weighted by molar-refractivity contribution is 5.67. The average Bonchev–Trinajstić information content (AvgIpc) is 2.15. The molecule has 0 heterocycles. The van der Waals surface area contributed by atoms with Crippen molar-refractivity contribution in [3.8, 4) is 12.3 Å². The summed E-state index contributed by atoms with van der Waals surface area (Å²) < 4.78 is 5.08. The first-order valence-electron chi connectivity index (χ1n) is 5.23. The maximum Gasteiger partial charge on any atom is 0.407 e. The normalized spacial score (nSPS) is 12.7. The van der Waals surface area contributed by atoms with Gasteiger partial charge in [0.05, 0.1) is 6.54 Å². The van der Waals surface area contributed by atoms with E-state index in [9.17, 15) is 4.79 Å². The van der Waals surface area contributed by atoms with Gasteiger partial charge in [-0.25, -0.2) is 4.79 Å². The maximum atomic E-state index is 11.3. The summed E-state index contributed by atoms with van der Waals surface area (Å²) in [7, 11) is 0. The molecule has 0 saturated carbocycles. The molecule has 5 heteroatoms. The minimum absolute atomic E-state index is 0.0384. The Balaban J connectivity index is 3.85. The van der Waals surface area contributed by atoms with E-state index in [-0.39, 0.29) is 6.04 Å². The van der Waals surface area contributed by atoms with E-state index in [2.05, 4.69) is 16.6 Å². The minimum atomic E-state index is -0.492. The van der Waals surface area contributed by atoms with Crippen molar-refractivity contribution in [1.29, 1.82) is 0 Å². The lowest BCUT2D eigenvalue weighted by Crippen LogP contribution is -2.46. The molecule has 0 aromatic carbocycles. The number of carbonyl (C=O) groups is 1. The van der Waals surface area contributed by atoms with Crippen LogP contribution >= 0.6 is 0 Å². The van der Waals surface area contributed by atoms with Gasteiger partial charge in [0, 0.05) is 19.1 Å². The fourth-order valence-electron chi connectivity index (χ4n) is 0.963. The van der Waals surface area contributed by atoms with Gasteiger partial charge in [-0.05, 0) is 20.8 Å². The first-order valence-corrected chi connectivity index (χ1v) is 5.23. The van der Waals surface area contributed by atoms with Gasteiger partial charge in [-0.3, -0.25) is 0 Å². The monoisotopic (exact) mass is 227 g/mol. The molecule has 0 aromatic heterocycles. The maximum absolute atomic E-state index is 11.3. The molecule has 16 heavy (non-hydrogen) atoms. The molecule has 4 N–H and O–H groups in total. The smallest absolute Gasteiger partial charge is 0.407 e. The molecule has 92 valence electrons. The van der Waals surface area contributed by atoms with E-state index in [0.29, 0.717) is 19.6 Å². The molecule has 0 spiro atoms. The van der Waals surface area contributed by atoms with E-state index in [1.165, 1.54) is 0 Å². The average molecular weight is 227 g/mol. The summed E-state index contributed by atoms with van der Waals surface area (Å²) in [6.45, 7) is 6.65. The van der Waals surface area contributed by atoms with Crippen LogP contribution < -0.4 is 16.4 Å². The Morgan fingerprint density at radius 1 is 1.56 bits per heavy atom. The van der Waals surface area contributed by atoms with E-state index in [0.717, 1.165) is 0 Å². The second kappa shape index (κ2) is 7.09. The van der Waals surface area contributed by atoms with E-state index >= 15 is 0 Å². The highest BCUT2D eigenvalue weighted by Crippen LogP contribution is 2.06. The van der Waals surface area contributed by atoms with Crippen molar-refractivity contribution in [3.05, 3.63) is 0 Å². The van der Waals surface area contributed by atoms with E-state index in [1.54, 1.807) is 0 Å². The highest BCUT2D eigenvalue weighted by Gasteiger charge is 2.16. The Bertz CT molecular complexity index is 253. The van der Waals surface area contributed by atoms with Crippen molar-refractivity contribution in [2.45, 2.75) is 32.4 Å². The molecule has 0 saturated heterocycles. The topological polar surface area (TPSA) is 76.4 Å². The number of hydrogen-bond donors (Lipinski definition) is 3. The number of ether oxygens (including phenoxy) is 1. The van der Waals surface area contributed by atoms with Gasteiger partial charge in [0.1, 0.15) is 5.60 Å². The third-order valence-electron chi connectivity index (χ3n) is 1.67. The third-order valence-corrected chi connectivity index (χ3v) is 1.67. The van der Waals surface area contributed by atoms with Crippen LogP contribution in [0.4, 0.5) is 4.79 Å². The van der Waals surface area contributed by atoms with Crippen LogP contribution in [-0.2, 0) is 4.74 Å². The number of rotatable bonds is 5. The molecule has 1 atom stereocenters. The lowest BCUT2D eigenvalue weighted by molar-refractivity contribution is 0.0523. The molecule has 1 unspecified atom stereocenters. The number of nitrogens with one attached hydrogen (secondary N) is 2. The summed E-state index contributed by atoms with van der Waals surface area (Å²) in [6.07, 6.45) is 4.65. The predicted octanol–water partition coefficient (Wildman–Crippen LogP) is 0.0612. The van der Waals surface area contributed by atoms with Crippen molar-refractivity contribution in [3.63, 3.8) is 0 Å². The molecule has 0 aliphatic heterocycles. The summed E-state index contributed by atoms with van der Waals surface area (Å²) >= 11 is 0. The standard InChI is InChI=1S/C11H21N3O2/c1-5-6-13-9(7-12)8-14-10(15)16-11(2,3)4/h1,9,13H,6-8,12H2,2-4H3,(H,14,15). The molecule has 0 aliphatic carbocycles. The van der Waals surface area contributed by atoms with Crippen molar-refractivity contribution in [2.24, 2.45) is 5.73 Å². The van der Waals surface area contributed by atoms with Crippen LogP contribution in [0.5, 0.6) is 0 Å². The van der Waals surface area contributed by atoms with Gasteiger partial charge < -0.3 is 21.1 Å². The Labute approximate surface area is 97.1 Å². The van der Waals surface area contributed by atoms with Gasteiger partial charge in [-0.2, -0.15) is 0 Å². The Kier molecular flexibility index (Phi) is 6.54. The van der Waals surface area contributed by atoms with E-state index in [4.69, 9.17) is 16.9 Å². The van der Waals surface area contributed by atoms with Crippen molar-refractivity contribution >= 4 is 6.09 Å². The lowest BCUT2D eigenvalue weighted by Gasteiger charge is -2.21. The lowest BCUT2D eigenvalue weighted by atomic mass is 10.2. The zero-order chi connectivity index (χ0) is 12.6. The molecule has 5 nitrogen and oxygen atoms in total. The second-order valence-electron chi connectivity index (χ2n) is 4.40. The van der Waals surface area contributed by atoms with Gasteiger partial charge in [-0.15, -0.1) is 6.42 Å². The summed E-state index contributed by atoms with van der Waals surface area (Å²) in [6, 6.07) is -0.0384. The quantitative estimate of drug-likeness (QED) is 0.581. The van der Waals surface area contributed by atoms with Crippen molar-refractivity contribution < 1.29 is 9.53 Å². The number of nitrogens with two attached hydrogens (primary N) is 1. The highest BCUT2D eigenvalue weighted by atomic mass is 16.6. The van der Waals surface area contributed by atoms with Crippen LogP contribution in [0.3, 0.4) is 0 Å². The summed E-state index contributed by atoms with van der Waals surface area (Å²) in [5, 5.41) is 5.63. The summed E-state index contributed by atoms with van der Waals surface area (Å²) in [4.78, 5) is 11.3. The molecule has 0 aromatic rings. The van der Waals surface area contributed by atoms with Gasteiger partial charge >= 0.3 is 6.09 Å². The molecular formula is C11H21N3O2. The second-order valence-corrected chi connectivity index (χ2v) is 4.40. The summed E-state index contributed by atoms with van der Waals surface area (Å²) in [5.41, 5.74) is 5.01. The zero-order valence-electron chi connectivity index (χ0n) is 10.2. The Hall–Kier alpha value is -1.25. The minimum Gasteiger partial charge on any atom is -0.444 e. The summed E-state index contributed by atoms with van der Waals surface area (Å²) in [5.74, 6) is 2.45. The molecule has 0 aliphatic rings. The largest absolute Gasteiger partial charge is 0.444 e. The number of alkyl carbamates (subject to hydrolysis) is 1. The Morgan fingerprint density at radius 3 is 2.62 bits per heavy atom.